The number of unbranched alkanes of at least 4 members (excludes halogenated alkanes) is 6. The number of aliphatic hydroxyl groups is 1. The highest BCUT2D eigenvalue weighted by atomic mass is 16.3. The fraction of sp³-hybridized carbons (Fsp3) is 0.778. The second-order valence-electron chi connectivity index (χ2n) is 9.19. The molecule has 0 radical (unpaired) electrons. The van der Waals surface area contributed by atoms with Crippen LogP contribution in [0.3, 0.4) is 0 Å². The third-order valence-electron chi connectivity index (χ3n) is 5.69. The van der Waals surface area contributed by atoms with Gasteiger partial charge in [0.05, 0.1) is 6.10 Å². The molecule has 0 bridgehead atoms. The molecule has 33 heavy (non-hydrogen) atoms. The maximum Gasteiger partial charge on any atom is 0.223 e. The van der Waals surface area contributed by atoms with Crippen molar-refractivity contribution in [1.29, 1.82) is 0 Å². The first kappa shape index (κ1) is 31.3. The van der Waals surface area contributed by atoms with Gasteiger partial charge in [-0.2, -0.15) is 0 Å². The first-order valence-electron chi connectivity index (χ1n) is 13.1. The number of rotatable bonds is 20. The summed E-state index contributed by atoms with van der Waals surface area (Å²) in [6, 6.07) is 0.0879. The Labute approximate surface area is 203 Å². The Morgan fingerprint density at radius 2 is 1.18 bits per heavy atom. The highest BCUT2D eigenvalue weighted by Gasteiger charge is 2.22. The van der Waals surface area contributed by atoms with E-state index < -0.39 is 6.10 Å². The predicted molar refractivity (Wildman–Crippen MR) is 139 cm³/mol. The molecule has 0 aromatic carbocycles. The van der Waals surface area contributed by atoms with Gasteiger partial charge in [-0.15, -0.1) is 0 Å². The van der Waals surface area contributed by atoms with Gasteiger partial charge in [-0.05, 0) is 46.5 Å². The number of carbonyl (C=O) groups is 2. The lowest BCUT2D eigenvalue weighted by molar-refractivity contribution is -0.121. The van der Waals surface area contributed by atoms with Crippen LogP contribution in [-0.4, -0.2) is 59.6 Å². The average molecular weight is 466 g/mol. The second-order valence-corrected chi connectivity index (χ2v) is 9.19. The summed E-state index contributed by atoms with van der Waals surface area (Å²) in [5, 5.41) is 15.9. The van der Waals surface area contributed by atoms with Gasteiger partial charge < -0.3 is 15.7 Å². The zero-order valence-corrected chi connectivity index (χ0v) is 21.9. The number of nitrogens with zero attached hydrogens (tertiary/aromatic N) is 1. The Balaban J connectivity index is 4.42. The van der Waals surface area contributed by atoms with Crippen LogP contribution in [-0.2, 0) is 9.59 Å². The van der Waals surface area contributed by atoms with E-state index >= 15 is 0 Å². The lowest BCUT2D eigenvalue weighted by Gasteiger charge is -2.35. The molecule has 6 nitrogen and oxygen atoms in total. The third kappa shape index (κ3) is 18.5. The Kier molecular flexibility index (Phi) is 19.9. The summed E-state index contributed by atoms with van der Waals surface area (Å²) in [5.41, 5.74) is 0. The first-order valence-corrected chi connectivity index (χ1v) is 13.1. The minimum atomic E-state index is -0.488. The molecule has 3 unspecified atom stereocenters. The van der Waals surface area contributed by atoms with E-state index in [0.717, 1.165) is 12.8 Å². The topological polar surface area (TPSA) is 81.7 Å². The molecule has 0 fully saturated rings. The number of hydrogen-bond donors (Lipinski definition) is 3. The highest BCUT2D eigenvalue weighted by Crippen LogP contribution is 2.07. The van der Waals surface area contributed by atoms with Gasteiger partial charge in [0.1, 0.15) is 0 Å². The minimum Gasteiger partial charge on any atom is -0.392 e. The monoisotopic (exact) mass is 465 g/mol. The molecular formula is C27H51N3O3. The van der Waals surface area contributed by atoms with Gasteiger partial charge in [-0.25, -0.2) is 0 Å². The summed E-state index contributed by atoms with van der Waals surface area (Å²) in [7, 11) is 0. The maximum absolute atomic E-state index is 12.2. The normalized spacial score (nSPS) is 14.6. The number of aliphatic hydroxyl groups excluding tert-OH is 1. The number of carbonyl (C=O) groups excluding carboxylic acids is 2. The Hall–Kier alpha value is -1.66. The molecule has 3 N–H and O–H groups in total. The summed E-state index contributed by atoms with van der Waals surface area (Å²) in [6.07, 6.45) is 17.6. The maximum atomic E-state index is 12.2. The van der Waals surface area contributed by atoms with E-state index in [1.54, 1.807) is 6.92 Å². The molecule has 0 aliphatic carbocycles. The fourth-order valence-electron chi connectivity index (χ4n) is 3.64. The second kappa shape index (κ2) is 20.9. The van der Waals surface area contributed by atoms with Crippen LogP contribution in [0.1, 0.15) is 98.8 Å². The van der Waals surface area contributed by atoms with Crippen molar-refractivity contribution in [3.8, 4) is 0 Å². The van der Waals surface area contributed by atoms with Gasteiger partial charge in [0, 0.05) is 44.6 Å². The smallest absolute Gasteiger partial charge is 0.223 e. The van der Waals surface area contributed by atoms with Crippen molar-refractivity contribution in [2.45, 2.75) is 117 Å². The van der Waals surface area contributed by atoms with E-state index in [4.69, 9.17) is 0 Å². The summed E-state index contributed by atoms with van der Waals surface area (Å²) < 4.78 is 0. The summed E-state index contributed by atoms with van der Waals surface area (Å²) >= 11 is 0. The Morgan fingerprint density at radius 3 is 1.55 bits per heavy atom. The predicted octanol–water partition coefficient (Wildman–Crippen LogP) is 4.73. The van der Waals surface area contributed by atoms with Crippen LogP contribution in [0, 0.1) is 0 Å². The van der Waals surface area contributed by atoms with Crippen LogP contribution in [0.5, 0.6) is 0 Å². The zero-order chi connectivity index (χ0) is 24.9. The van der Waals surface area contributed by atoms with Crippen LogP contribution in [0.15, 0.2) is 24.3 Å². The van der Waals surface area contributed by atoms with E-state index in [1.807, 2.05) is 26.0 Å². The quantitative estimate of drug-likeness (QED) is 0.179. The van der Waals surface area contributed by atoms with E-state index in [1.165, 1.54) is 38.5 Å². The van der Waals surface area contributed by atoms with Gasteiger partial charge >= 0.3 is 0 Å². The van der Waals surface area contributed by atoms with E-state index in [9.17, 15) is 14.7 Å². The standard InChI is InChI=1S/C27H51N3O3/c1-6-8-10-12-14-16-18-26(32)28-20-23(3)30(22-25(5)31)24(4)21-29-27(33)19-17-15-13-11-9-7-2/h14-17,23-25,31H,6-13,18-22H2,1-5H3,(H,28,32)(H,29,33)/b16-14+,17-15+. The zero-order valence-electron chi connectivity index (χ0n) is 21.9. The van der Waals surface area contributed by atoms with Gasteiger partial charge in [0.25, 0.3) is 0 Å². The van der Waals surface area contributed by atoms with Crippen molar-refractivity contribution in [2.75, 3.05) is 19.6 Å². The molecule has 2 amide bonds. The molecule has 3 atom stereocenters. The first-order chi connectivity index (χ1) is 15.8. The lowest BCUT2D eigenvalue weighted by Crippen LogP contribution is -2.52. The van der Waals surface area contributed by atoms with Gasteiger partial charge in [0.2, 0.25) is 11.8 Å². The van der Waals surface area contributed by atoms with E-state index in [2.05, 4.69) is 41.5 Å². The van der Waals surface area contributed by atoms with Crippen LogP contribution < -0.4 is 10.6 Å². The highest BCUT2D eigenvalue weighted by molar-refractivity contribution is 5.77. The van der Waals surface area contributed by atoms with Gasteiger partial charge in [0.15, 0.2) is 0 Å². The average Bonchev–Trinajstić information content (AvgIpc) is 2.78. The van der Waals surface area contributed by atoms with Crippen LogP contribution in [0.25, 0.3) is 0 Å². The van der Waals surface area contributed by atoms with Crippen molar-refractivity contribution in [2.24, 2.45) is 0 Å². The summed E-state index contributed by atoms with van der Waals surface area (Å²) in [6.45, 7) is 11.7. The molecule has 0 saturated heterocycles. The molecule has 0 aromatic rings. The van der Waals surface area contributed by atoms with E-state index in [-0.39, 0.29) is 23.9 Å². The number of nitrogens with one attached hydrogen (secondary N) is 2. The Bertz CT molecular complexity index is 517. The Morgan fingerprint density at radius 1 is 0.758 bits per heavy atom. The van der Waals surface area contributed by atoms with Crippen molar-refractivity contribution in [3.05, 3.63) is 24.3 Å². The van der Waals surface area contributed by atoms with Gasteiger partial charge in [-0.1, -0.05) is 63.8 Å². The van der Waals surface area contributed by atoms with Crippen molar-refractivity contribution >= 4 is 11.8 Å². The largest absolute Gasteiger partial charge is 0.392 e. The molecule has 0 rings (SSSR count). The number of allylic oxidation sites excluding steroid dienone is 2. The van der Waals surface area contributed by atoms with Crippen molar-refractivity contribution < 1.29 is 14.7 Å². The molecule has 0 heterocycles. The molecule has 0 aliphatic heterocycles. The lowest BCUT2D eigenvalue weighted by atomic mass is 10.1. The minimum absolute atomic E-state index is 0.0114. The molecule has 0 saturated carbocycles. The molecule has 0 aromatic heterocycles. The number of hydrogen-bond acceptors (Lipinski definition) is 4. The third-order valence-corrected chi connectivity index (χ3v) is 5.69. The van der Waals surface area contributed by atoms with Crippen molar-refractivity contribution in [3.63, 3.8) is 0 Å². The molecule has 0 spiro atoms. The van der Waals surface area contributed by atoms with Crippen LogP contribution >= 0.6 is 0 Å². The molecule has 0 aliphatic rings. The van der Waals surface area contributed by atoms with Crippen LogP contribution in [0.2, 0.25) is 0 Å². The van der Waals surface area contributed by atoms with Crippen molar-refractivity contribution in [1.82, 2.24) is 15.5 Å². The number of amides is 2. The molecule has 6 heteroatoms. The molecule has 192 valence electrons. The SMILES string of the molecule is CCCCC/C=C/CC(=O)NCC(C)N(CC(C)O)C(C)CNC(=O)C/C=C/CCCCC. The van der Waals surface area contributed by atoms with E-state index in [0.29, 0.717) is 32.5 Å². The van der Waals surface area contributed by atoms with Crippen LogP contribution in [0.4, 0.5) is 0 Å². The summed E-state index contributed by atoms with van der Waals surface area (Å²) in [5.74, 6) is 0.0227. The fourth-order valence-corrected chi connectivity index (χ4v) is 3.64. The molecular weight excluding hydrogens is 414 g/mol. The summed E-state index contributed by atoms with van der Waals surface area (Å²) in [4.78, 5) is 26.5. The van der Waals surface area contributed by atoms with Gasteiger partial charge in [-0.3, -0.25) is 14.5 Å².